The number of ether oxygens (including phenoxy) is 3. The van der Waals surface area contributed by atoms with E-state index >= 15 is 0 Å². The summed E-state index contributed by atoms with van der Waals surface area (Å²) in [6, 6.07) is 0. The van der Waals surface area contributed by atoms with E-state index in [-0.39, 0.29) is 61.6 Å². The van der Waals surface area contributed by atoms with Crippen molar-refractivity contribution in [1.82, 2.24) is 4.98 Å². The molecule has 0 aliphatic heterocycles. The maximum atomic E-state index is 12.2. The Morgan fingerprint density at radius 3 is 1.96 bits per heavy atom. The number of carbonyl (C=O) groups excluding carboxylic acids is 3. The molecule has 1 aromatic heterocycles. The van der Waals surface area contributed by atoms with E-state index in [1.807, 2.05) is 0 Å². The van der Waals surface area contributed by atoms with Gasteiger partial charge in [-0.3, -0.25) is 9.59 Å². The third-order valence-electron chi connectivity index (χ3n) is 3.42. The summed E-state index contributed by atoms with van der Waals surface area (Å²) in [6.45, 7) is 5.31. The molecule has 1 aromatic rings. The molecule has 1 heterocycles. The van der Waals surface area contributed by atoms with Gasteiger partial charge < -0.3 is 24.3 Å². The number of aromatic carboxylic acids is 1. The Morgan fingerprint density at radius 2 is 1.42 bits per heavy atom. The molecule has 0 atom stereocenters. The second-order valence-electron chi connectivity index (χ2n) is 5.14. The van der Waals surface area contributed by atoms with Crippen LogP contribution in [-0.4, -0.2) is 53.8 Å². The highest BCUT2D eigenvalue weighted by atomic mass is 16.5. The molecule has 0 saturated heterocycles. The lowest BCUT2D eigenvalue weighted by molar-refractivity contribution is -0.143. The number of aromatic amines is 1. The molecule has 9 heteroatoms. The van der Waals surface area contributed by atoms with Crippen molar-refractivity contribution in [2.45, 2.75) is 40.0 Å². The van der Waals surface area contributed by atoms with Crippen LogP contribution in [0.2, 0.25) is 0 Å². The molecule has 0 bridgehead atoms. The van der Waals surface area contributed by atoms with Gasteiger partial charge in [0.25, 0.3) is 0 Å². The van der Waals surface area contributed by atoms with Gasteiger partial charge in [-0.1, -0.05) is 0 Å². The van der Waals surface area contributed by atoms with Crippen molar-refractivity contribution >= 4 is 23.9 Å². The van der Waals surface area contributed by atoms with Crippen molar-refractivity contribution < 1.29 is 38.5 Å². The SMILES string of the molecule is CCOC(=O)CCc1c(C(=O)OCC)[nH]c(C(=O)O)c1CC(=O)OCC. The molecule has 1 rings (SSSR count). The zero-order chi connectivity index (χ0) is 19.7. The molecule has 2 N–H and O–H groups in total. The van der Waals surface area contributed by atoms with Gasteiger partial charge in [-0.05, 0) is 38.3 Å². The van der Waals surface area contributed by atoms with E-state index in [4.69, 9.17) is 14.2 Å². The summed E-state index contributed by atoms with van der Waals surface area (Å²) in [7, 11) is 0. The zero-order valence-corrected chi connectivity index (χ0v) is 15.0. The fourth-order valence-electron chi connectivity index (χ4n) is 2.43. The summed E-state index contributed by atoms with van der Waals surface area (Å²) in [5.41, 5.74) is -0.0573. The van der Waals surface area contributed by atoms with Gasteiger partial charge in [0.15, 0.2) is 0 Å². The van der Waals surface area contributed by atoms with Crippen molar-refractivity contribution in [2.24, 2.45) is 0 Å². The Balaban J connectivity index is 3.30. The number of carboxylic acids is 1. The molecule has 0 aliphatic rings. The molecule has 0 amide bonds. The van der Waals surface area contributed by atoms with Gasteiger partial charge in [0.1, 0.15) is 11.4 Å². The summed E-state index contributed by atoms with van der Waals surface area (Å²) < 4.78 is 14.6. The number of hydrogen-bond donors (Lipinski definition) is 2. The van der Waals surface area contributed by atoms with Crippen molar-refractivity contribution in [3.05, 3.63) is 22.5 Å². The summed E-state index contributed by atoms with van der Waals surface area (Å²) in [6.07, 6.45) is -0.401. The van der Waals surface area contributed by atoms with Crippen LogP contribution in [0.3, 0.4) is 0 Å². The van der Waals surface area contributed by atoms with Crippen LogP contribution < -0.4 is 0 Å². The summed E-state index contributed by atoms with van der Waals surface area (Å²) in [4.78, 5) is 49.7. The van der Waals surface area contributed by atoms with Gasteiger partial charge in [-0.2, -0.15) is 0 Å². The molecule has 0 aliphatic carbocycles. The van der Waals surface area contributed by atoms with Crippen LogP contribution in [-0.2, 0) is 36.6 Å². The molecule has 9 nitrogen and oxygen atoms in total. The largest absolute Gasteiger partial charge is 0.477 e. The molecule has 0 radical (unpaired) electrons. The van der Waals surface area contributed by atoms with E-state index < -0.39 is 23.9 Å². The average Bonchev–Trinajstić information content (AvgIpc) is 2.92. The van der Waals surface area contributed by atoms with Gasteiger partial charge in [0.05, 0.1) is 26.2 Å². The quantitative estimate of drug-likeness (QED) is 0.468. The minimum absolute atomic E-state index is 0.0193. The highest BCUT2D eigenvalue weighted by molar-refractivity contribution is 5.96. The molecule has 0 spiro atoms. The average molecular weight is 369 g/mol. The van der Waals surface area contributed by atoms with E-state index in [0.29, 0.717) is 0 Å². The molecular formula is C17H23NO8. The maximum Gasteiger partial charge on any atom is 0.355 e. The standard InChI is InChI=1S/C17H23NO8/c1-4-24-12(19)8-7-10-11(9-13(20)25-5-2)14(16(21)22)18-15(10)17(23)26-6-3/h18H,4-9H2,1-3H3,(H,21,22). The lowest BCUT2D eigenvalue weighted by Gasteiger charge is -2.08. The maximum absolute atomic E-state index is 12.2. The number of nitrogens with one attached hydrogen (secondary N) is 1. The number of esters is 3. The van der Waals surface area contributed by atoms with Gasteiger partial charge in [0.2, 0.25) is 0 Å². The van der Waals surface area contributed by atoms with Crippen LogP contribution >= 0.6 is 0 Å². The number of rotatable bonds is 10. The van der Waals surface area contributed by atoms with E-state index in [1.165, 1.54) is 0 Å². The van der Waals surface area contributed by atoms with Gasteiger partial charge in [-0.25, -0.2) is 9.59 Å². The molecule has 26 heavy (non-hydrogen) atoms. The third kappa shape index (κ3) is 5.61. The van der Waals surface area contributed by atoms with Crippen LogP contribution in [0, 0.1) is 0 Å². The van der Waals surface area contributed by atoms with E-state index in [1.54, 1.807) is 20.8 Å². The first-order valence-electron chi connectivity index (χ1n) is 8.30. The van der Waals surface area contributed by atoms with E-state index in [0.717, 1.165) is 0 Å². The summed E-state index contributed by atoms with van der Waals surface area (Å²) in [5, 5.41) is 9.39. The lowest BCUT2D eigenvalue weighted by atomic mass is 10.0. The Morgan fingerprint density at radius 1 is 0.846 bits per heavy atom. The monoisotopic (exact) mass is 369 g/mol. The topological polar surface area (TPSA) is 132 Å². The van der Waals surface area contributed by atoms with Crippen molar-refractivity contribution in [1.29, 1.82) is 0 Å². The van der Waals surface area contributed by atoms with E-state index in [2.05, 4.69) is 4.98 Å². The fourth-order valence-corrected chi connectivity index (χ4v) is 2.43. The Hall–Kier alpha value is -2.84. The Kier molecular flexibility index (Phi) is 8.33. The van der Waals surface area contributed by atoms with Gasteiger partial charge in [-0.15, -0.1) is 0 Å². The number of hydrogen-bond acceptors (Lipinski definition) is 7. The van der Waals surface area contributed by atoms with Crippen LogP contribution in [0.15, 0.2) is 0 Å². The normalized spacial score (nSPS) is 10.3. The predicted octanol–water partition coefficient (Wildman–Crippen LogP) is 1.49. The van der Waals surface area contributed by atoms with E-state index in [9.17, 15) is 24.3 Å². The van der Waals surface area contributed by atoms with Crippen LogP contribution in [0.25, 0.3) is 0 Å². The summed E-state index contributed by atoms with van der Waals surface area (Å²) in [5.74, 6) is -3.23. The number of carboxylic acid groups (broad SMARTS) is 1. The zero-order valence-electron chi connectivity index (χ0n) is 15.0. The predicted molar refractivity (Wildman–Crippen MR) is 89.0 cm³/mol. The summed E-state index contributed by atoms with van der Waals surface area (Å²) >= 11 is 0. The molecule has 0 saturated carbocycles. The first-order valence-corrected chi connectivity index (χ1v) is 8.30. The van der Waals surface area contributed by atoms with Crippen molar-refractivity contribution in [3.8, 4) is 0 Å². The number of aromatic nitrogens is 1. The minimum atomic E-state index is -1.34. The van der Waals surface area contributed by atoms with Crippen LogP contribution in [0.1, 0.15) is 59.3 Å². The van der Waals surface area contributed by atoms with Crippen molar-refractivity contribution in [3.63, 3.8) is 0 Å². The second-order valence-corrected chi connectivity index (χ2v) is 5.14. The smallest absolute Gasteiger partial charge is 0.355 e. The highest BCUT2D eigenvalue weighted by Crippen LogP contribution is 2.24. The third-order valence-corrected chi connectivity index (χ3v) is 3.42. The van der Waals surface area contributed by atoms with Gasteiger partial charge in [0, 0.05) is 6.42 Å². The number of carbonyl (C=O) groups is 4. The van der Waals surface area contributed by atoms with Crippen molar-refractivity contribution in [2.75, 3.05) is 19.8 Å². The highest BCUT2D eigenvalue weighted by Gasteiger charge is 2.28. The number of H-pyrrole nitrogens is 1. The first kappa shape index (κ1) is 21.2. The fraction of sp³-hybridized carbons (Fsp3) is 0.529. The Bertz CT molecular complexity index is 677. The molecular weight excluding hydrogens is 346 g/mol. The lowest BCUT2D eigenvalue weighted by Crippen LogP contribution is -2.14. The van der Waals surface area contributed by atoms with Gasteiger partial charge >= 0.3 is 23.9 Å². The molecule has 0 aromatic carbocycles. The molecule has 0 fully saturated rings. The Labute approximate surface area is 150 Å². The first-order chi connectivity index (χ1) is 12.3. The molecule has 144 valence electrons. The van der Waals surface area contributed by atoms with Crippen LogP contribution in [0.4, 0.5) is 0 Å². The van der Waals surface area contributed by atoms with Crippen LogP contribution in [0.5, 0.6) is 0 Å². The second kappa shape index (κ2) is 10.2. The minimum Gasteiger partial charge on any atom is -0.477 e. The molecule has 0 unspecified atom stereocenters.